The van der Waals surface area contributed by atoms with Crippen molar-refractivity contribution in [3.63, 3.8) is 0 Å². The number of nitrogens with zero attached hydrogens (tertiary/aromatic N) is 2. The van der Waals surface area contributed by atoms with Gasteiger partial charge in [-0.15, -0.1) is 11.6 Å². The van der Waals surface area contributed by atoms with Gasteiger partial charge in [-0.1, -0.05) is 12.1 Å². The molecule has 0 unspecified atom stereocenters. The summed E-state index contributed by atoms with van der Waals surface area (Å²) < 4.78 is 32.7. The number of alkyl halides is 1. The maximum Gasteiger partial charge on any atom is 0.230 e. The molecule has 0 N–H and O–H groups in total. The highest BCUT2D eigenvalue weighted by Crippen LogP contribution is 2.37. The number of halogens is 3. The van der Waals surface area contributed by atoms with Gasteiger partial charge in [0.2, 0.25) is 11.8 Å². The summed E-state index contributed by atoms with van der Waals surface area (Å²) in [6.07, 6.45) is 1.64. The number of likely N-dealkylation sites (tertiary alicyclic amines) is 1. The number of oxazole rings is 1. The fourth-order valence-corrected chi connectivity index (χ4v) is 3.77. The van der Waals surface area contributed by atoms with Crippen LogP contribution in [0.15, 0.2) is 40.8 Å². The van der Waals surface area contributed by atoms with Crippen molar-refractivity contribution >= 4 is 28.6 Å². The van der Waals surface area contributed by atoms with E-state index in [1.807, 2.05) is 13.8 Å². The van der Waals surface area contributed by atoms with Crippen LogP contribution < -0.4 is 0 Å². The number of aromatic nitrogens is 1. The molecule has 0 radical (unpaired) electrons. The molecular formula is C22H21ClF2N2O2. The maximum atomic E-state index is 13.6. The molecule has 1 aliphatic heterocycles. The van der Waals surface area contributed by atoms with Gasteiger partial charge in [-0.3, -0.25) is 4.79 Å². The first kappa shape index (κ1) is 19.8. The highest BCUT2D eigenvalue weighted by atomic mass is 35.5. The van der Waals surface area contributed by atoms with Crippen LogP contribution in [0.3, 0.4) is 0 Å². The van der Waals surface area contributed by atoms with Gasteiger partial charge < -0.3 is 9.32 Å². The van der Waals surface area contributed by atoms with Crippen LogP contribution in [-0.4, -0.2) is 28.2 Å². The lowest BCUT2D eigenvalue weighted by Crippen LogP contribution is -2.41. The third kappa shape index (κ3) is 3.62. The van der Waals surface area contributed by atoms with E-state index in [2.05, 4.69) is 4.98 Å². The molecule has 4 nitrogen and oxygen atoms in total. The molecule has 0 spiro atoms. The van der Waals surface area contributed by atoms with Crippen molar-refractivity contribution in [3.8, 4) is 11.1 Å². The molecule has 1 amide bonds. The van der Waals surface area contributed by atoms with E-state index >= 15 is 0 Å². The normalized spacial score (nSPS) is 17.3. The average Bonchev–Trinajstić information content (AvgIpc) is 3.35. The van der Waals surface area contributed by atoms with Crippen LogP contribution >= 0.6 is 11.6 Å². The molecule has 0 saturated carbocycles. The first-order valence-corrected chi connectivity index (χ1v) is 10.1. The predicted octanol–water partition coefficient (Wildman–Crippen LogP) is 5.70. The summed E-state index contributed by atoms with van der Waals surface area (Å²) in [5.74, 6) is -1.08. The molecule has 1 fully saturated rings. The Morgan fingerprint density at radius 3 is 2.66 bits per heavy atom. The lowest BCUT2D eigenvalue weighted by atomic mass is 9.94. The summed E-state index contributed by atoms with van der Waals surface area (Å²) in [5, 5.41) is 0. The molecule has 1 saturated heterocycles. The first-order chi connectivity index (χ1) is 13.8. The van der Waals surface area contributed by atoms with Gasteiger partial charge >= 0.3 is 0 Å². The maximum absolute atomic E-state index is 13.6. The Bertz CT molecular complexity index is 1080. The van der Waals surface area contributed by atoms with E-state index in [1.165, 1.54) is 6.07 Å². The fraction of sp³-hybridized carbons (Fsp3) is 0.364. The highest BCUT2D eigenvalue weighted by Gasteiger charge is 2.39. The Balaban J connectivity index is 1.67. The molecular weight excluding hydrogens is 398 g/mol. The molecule has 3 aromatic rings. The highest BCUT2D eigenvalue weighted by molar-refractivity contribution is 6.19. The molecule has 0 bridgehead atoms. The van der Waals surface area contributed by atoms with Crippen LogP contribution in [0.5, 0.6) is 0 Å². The van der Waals surface area contributed by atoms with Crippen molar-refractivity contribution in [1.29, 1.82) is 0 Å². The van der Waals surface area contributed by atoms with Gasteiger partial charge in [-0.05, 0) is 62.1 Å². The fourth-order valence-electron chi connectivity index (χ4n) is 3.66. The van der Waals surface area contributed by atoms with E-state index in [1.54, 1.807) is 23.1 Å². The SMILES string of the molecule is CC(C)(CCl)C(=O)N1CCC[C@H]1c1nc2cc(-c3ccc(F)c(F)c3)ccc2o1. The molecule has 152 valence electrons. The van der Waals surface area contributed by atoms with Gasteiger partial charge in [0.1, 0.15) is 11.6 Å². The van der Waals surface area contributed by atoms with Crippen molar-refractivity contribution in [1.82, 2.24) is 9.88 Å². The zero-order valence-corrected chi connectivity index (χ0v) is 17.0. The Hall–Kier alpha value is -2.47. The quantitative estimate of drug-likeness (QED) is 0.510. The number of carbonyl (C=O) groups excluding carboxylic acids is 1. The predicted molar refractivity (Wildman–Crippen MR) is 108 cm³/mol. The van der Waals surface area contributed by atoms with Gasteiger partial charge in [0, 0.05) is 12.4 Å². The van der Waals surface area contributed by atoms with Crippen LogP contribution in [0.4, 0.5) is 8.78 Å². The smallest absolute Gasteiger partial charge is 0.230 e. The van der Waals surface area contributed by atoms with E-state index in [0.29, 0.717) is 34.7 Å². The van der Waals surface area contributed by atoms with Crippen LogP contribution in [0.1, 0.15) is 38.6 Å². The number of hydrogen-bond acceptors (Lipinski definition) is 3. The molecule has 1 atom stereocenters. The molecule has 7 heteroatoms. The summed E-state index contributed by atoms with van der Waals surface area (Å²) in [4.78, 5) is 19.3. The second kappa shape index (κ2) is 7.41. The largest absolute Gasteiger partial charge is 0.438 e. The molecule has 0 aliphatic carbocycles. The minimum atomic E-state index is -0.898. The molecule has 1 aromatic heterocycles. The lowest BCUT2D eigenvalue weighted by molar-refractivity contribution is -0.140. The Morgan fingerprint density at radius 2 is 1.93 bits per heavy atom. The van der Waals surface area contributed by atoms with Crippen LogP contribution in [0.2, 0.25) is 0 Å². The van der Waals surface area contributed by atoms with E-state index < -0.39 is 17.0 Å². The van der Waals surface area contributed by atoms with Gasteiger partial charge in [0.15, 0.2) is 17.2 Å². The number of hydrogen-bond donors (Lipinski definition) is 0. The number of benzene rings is 2. The zero-order valence-electron chi connectivity index (χ0n) is 16.2. The van der Waals surface area contributed by atoms with Crippen molar-refractivity contribution in [2.45, 2.75) is 32.7 Å². The summed E-state index contributed by atoms with van der Waals surface area (Å²) in [5.41, 5.74) is 1.80. The Labute approximate surface area is 172 Å². The minimum absolute atomic E-state index is 0.0141. The summed E-state index contributed by atoms with van der Waals surface area (Å²) in [6, 6.07) is 8.85. The molecule has 2 heterocycles. The first-order valence-electron chi connectivity index (χ1n) is 9.53. The van der Waals surface area contributed by atoms with Gasteiger partial charge in [-0.2, -0.15) is 0 Å². The number of amides is 1. The average molecular weight is 419 g/mol. The summed E-state index contributed by atoms with van der Waals surface area (Å²) in [6.45, 7) is 4.30. The zero-order chi connectivity index (χ0) is 20.8. The standard InChI is InChI=1S/C22H21ClF2N2O2/c1-22(2,12-23)21(28)27-9-3-4-18(27)20-26-17-11-14(6-8-19(17)29-20)13-5-7-15(24)16(25)10-13/h5-8,10-11,18H,3-4,9,12H2,1-2H3/t18-/m0/s1. The second-order valence-corrected chi connectivity index (χ2v) is 8.30. The van der Waals surface area contributed by atoms with E-state index in [4.69, 9.17) is 16.0 Å². The van der Waals surface area contributed by atoms with E-state index in [-0.39, 0.29) is 17.8 Å². The topological polar surface area (TPSA) is 46.3 Å². The van der Waals surface area contributed by atoms with Crippen molar-refractivity contribution in [2.75, 3.05) is 12.4 Å². The van der Waals surface area contributed by atoms with E-state index in [9.17, 15) is 13.6 Å². The van der Waals surface area contributed by atoms with Crippen molar-refractivity contribution in [2.24, 2.45) is 5.41 Å². The van der Waals surface area contributed by atoms with Crippen LogP contribution in [0, 0.1) is 17.0 Å². The van der Waals surface area contributed by atoms with Gasteiger partial charge in [-0.25, -0.2) is 13.8 Å². The minimum Gasteiger partial charge on any atom is -0.438 e. The Morgan fingerprint density at radius 1 is 1.21 bits per heavy atom. The number of rotatable bonds is 4. The summed E-state index contributed by atoms with van der Waals surface area (Å²) >= 11 is 5.98. The van der Waals surface area contributed by atoms with Crippen molar-refractivity contribution < 1.29 is 18.0 Å². The summed E-state index contributed by atoms with van der Waals surface area (Å²) in [7, 11) is 0. The molecule has 2 aromatic carbocycles. The second-order valence-electron chi connectivity index (χ2n) is 8.04. The Kier molecular flexibility index (Phi) is 5.07. The van der Waals surface area contributed by atoms with Crippen LogP contribution in [0.25, 0.3) is 22.2 Å². The number of carbonyl (C=O) groups is 1. The molecule has 29 heavy (non-hydrogen) atoms. The third-order valence-electron chi connectivity index (χ3n) is 5.37. The van der Waals surface area contributed by atoms with Crippen molar-refractivity contribution in [3.05, 3.63) is 53.9 Å². The monoisotopic (exact) mass is 418 g/mol. The van der Waals surface area contributed by atoms with E-state index in [0.717, 1.165) is 25.0 Å². The lowest BCUT2D eigenvalue weighted by Gasteiger charge is -2.30. The van der Waals surface area contributed by atoms with Crippen LogP contribution in [-0.2, 0) is 4.79 Å². The van der Waals surface area contributed by atoms with Gasteiger partial charge in [0.05, 0.1) is 5.41 Å². The molecule has 4 rings (SSSR count). The third-order valence-corrected chi connectivity index (χ3v) is 6.04. The van der Waals surface area contributed by atoms with Gasteiger partial charge in [0.25, 0.3) is 0 Å². The number of fused-ring (bicyclic) bond motifs is 1. The molecule has 1 aliphatic rings.